The predicted molar refractivity (Wildman–Crippen MR) is 124 cm³/mol. The maximum Gasteiger partial charge on any atom is 0.0811 e. The fraction of sp³-hybridized carbons (Fsp3) is 0.778. The summed E-state index contributed by atoms with van der Waals surface area (Å²) in [7, 11) is 0. The minimum atomic E-state index is -0.633. The number of rotatable bonds is 6. The number of hydrogen-bond acceptors (Lipinski definition) is 3. The number of aliphatic hydroxyl groups is 3. The monoisotopic (exact) mass is 416 g/mol. The molecule has 30 heavy (non-hydrogen) atoms. The minimum Gasteiger partial charge on any atom is -0.393 e. The van der Waals surface area contributed by atoms with Crippen LogP contribution in [-0.4, -0.2) is 33.1 Å². The first-order chi connectivity index (χ1) is 14.0. The smallest absolute Gasteiger partial charge is 0.0811 e. The molecular weight excluding hydrogens is 372 g/mol. The SMILES string of the molecule is C=C1C(=CC=C2CCC[C@@]3(C)[C@H]2CC[C@@H]3[C@@](C)(O)CCCC(C)C)C[C@H](O)C[C@H]1O. The molecule has 6 atom stereocenters. The van der Waals surface area contributed by atoms with Crippen molar-refractivity contribution in [1.82, 2.24) is 0 Å². The summed E-state index contributed by atoms with van der Waals surface area (Å²) in [6.07, 6.45) is 13.1. The lowest BCUT2D eigenvalue weighted by Gasteiger charge is -2.47. The second kappa shape index (κ2) is 9.30. The minimum absolute atomic E-state index is 0.159. The van der Waals surface area contributed by atoms with E-state index in [0.717, 1.165) is 43.3 Å². The van der Waals surface area contributed by atoms with Gasteiger partial charge >= 0.3 is 0 Å². The molecule has 3 aliphatic rings. The molecule has 3 fully saturated rings. The van der Waals surface area contributed by atoms with E-state index in [2.05, 4.69) is 46.4 Å². The van der Waals surface area contributed by atoms with E-state index in [1.54, 1.807) is 0 Å². The zero-order chi connectivity index (χ0) is 22.1. The van der Waals surface area contributed by atoms with Crippen LogP contribution >= 0.6 is 0 Å². The molecule has 0 aromatic heterocycles. The number of hydrogen-bond donors (Lipinski definition) is 3. The number of aliphatic hydroxyl groups excluding tert-OH is 2. The van der Waals surface area contributed by atoms with Gasteiger partial charge in [-0.2, -0.15) is 0 Å². The molecule has 170 valence electrons. The van der Waals surface area contributed by atoms with Crippen molar-refractivity contribution in [3.63, 3.8) is 0 Å². The van der Waals surface area contributed by atoms with Crippen LogP contribution in [0.25, 0.3) is 0 Å². The maximum absolute atomic E-state index is 11.4. The summed E-state index contributed by atoms with van der Waals surface area (Å²) in [6.45, 7) is 13.1. The average molecular weight is 417 g/mol. The van der Waals surface area contributed by atoms with E-state index in [9.17, 15) is 15.3 Å². The zero-order valence-corrected chi connectivity index (χ0v) is 19.7. The van der Waals surface area contributed by atoms with Gasteiger partial charge in [0.15, 0.2) is 0 Å². The van der Waals surface area contributed by atoms with Gasteiger partial charge in [0, 0.05) is 6.42 Å². The summed E-state index contributed by atoms with van der Waals surface area (Å²) in [6, 6.07) is 0. The van der Waals surface area contributed by atoms with E-state index < -0.39 is 17.8 Å². The molecular formula is C27H44O3. The lowest BCUT2D eigenvalue weighted by atomic mass is 9.59. The molecule has 0 bridgehead atoms. The lowest BCUT2D eigenvalue weighted by Crippen LogP contribution is -2.45. The summed E-state index contributed by atoms with van der Waals surface area (Å²) in [5.74, 6) is 1.57. The quantitative estimate of drug-likeness (QED) is 0.520. The average Bonchev–Trinajstić information content (AvgIpc) is 3.01. The Morgan fingerprint density at radius 3 is 2.67 bits per heavy atom. The molecule has 0 aromatic rings. The van der Waals surface area contributed by atoms with Gasteiger partial charge in [-0.05, 0) is 86.2 Å². The fourth-order valence-corrected chi connectivity index (χ4v) is 6.77. The fourth-order valence-electron chi connectivity index (χ4n) is 6.77. The summed E-state index contributed by atoms with van der Waals surface area (Å²) in [4.78, 5) is 0. The van der Waals surface area contributed by atoms with Crippen LogP contribution in [0.5, 0.6) is 0 Å². The highest BCUT2D eigenvalue weighted by atomic mass is 16.3. The molecule has 0 heterocycles. The van der Waals surface area contributed by atoms with Gasteiger partial charge < -0.3 is 15.3 Å². The summed E-state index contributed by atoms with van der Waals surface area (Å²) >= 11 is 0. The van der Waals surface area contributed by atoms with E-state index in [0.29, 0.717) is 30.6 Å². The maximum atomic E-state index is 11.4. The van der Waals surface area contributed by atoms with Crippen molar-refractivity contribution in [1.29, 1.82) is 0 Å². The molecule has 3 heteroatoms. The van der Waals surface area contributed by atoms with Crippen LogP contribution in [0.4, 0.5) is 0 Å². The third-order valence-corrected chi connectivity index (χ3v) is 8.44. The Kier molecular flexibility index (Phi) is 7.37. The molecule has 0 saturated heterocycles. The molecule has 3 N–H and O–H groups in total. The van der Waals surface area contributed by atoms with Gasteiger partial charge in [-0.25, -0.2) is 0 Å². The van der Waals surface area contributed by atoms with Crippen LogP contribution in [0.3, 0.4) is 0 Å². The second-order valence-corrected chi connectivity index (χ2v) is 11.3. The van der Waals surface area contributed by atoms with Crippen LogP contribution in [0.1, 0.15) is 91.9 Å². The van der Waals surface area contributed by atoms with Crippen molar-refractivity contribution in [2.24, 2.45) is 23.2 Å². The molecule has 0 aliphatic heterocycles. The van der Waals surface area contributed by atoms with Gasteiger partial charge in [-0.1, -0.05) is 57.9 Å². The van der Waals surface area contributed by atoms with Crippen molar-refractivity contribution in [3.05, 3.63) is 35.5 Å². The second-order valence-electron chi connectivity index (χ2n) is 11.3. The van der Waals surface area contributed by atoms with Crippen molar-refractivity contribution in [3.8, 4) is 0 Å². The number of allylic oxidation sites excluding steroid dienone is 3. The van der Waals surface area contributed by atoms with E-state index in [-0.39, 0.29) is 5.41 Å². The number of fused-ring (bicyclic) bond motifs is 1. The van der Waals surface area contributed by atoms with Crippen LogP contribution in [0.2, 0.25) is 0 Å². The standard InChI is InChI=1S/C27H44O3/c1-18(2)8-6-15-27(5,30)25-13-12-23-20(9-7-14-26(23,25)4)10-11-21-16-22(28)17-24(29)19(21)3/h10-11,18,22-25,28-30H,3,6-9,12-17H2,1-2,4-5H3/t22-,23-,24+,25-,26-,27-/m0/s1. The molecule has 0 unspecified atom stereocenters. The van der Waals surface area contributed by atoms with Crippen molar-refractivity contribution >= 4 is 0 Å². The van der Waals surface area contributed by atoms with Gasteiger partial charge in [0.1, 0.15) is 0 Å². The van der Waals surface area contributed by atoms with E-state index in [1.807, 2.05) is 0 Å². The third-order valence-electron chi connectivity index (χ3n) is 8.44. The Labute approximate surface area is 184 Å². The van der Waals surface area contributed by atoms with E-state index in [4.69, 9.17) is 0 Å². The summed E-state index contributed by atoms with van der Waals surface area (Å²) in [5.41, 5.74) is 2.79. The molecule has 0 spiro atoms. The Hall–Kier alpha value is -0.900. The van der Waals surface area contributed by atoms with E-state index in [1.165, 1.54) is 24.8 Å². The highest BCUT2D eigenvalue weighted by Gasteiger charge is 2.54. The highest BCUT2D eigenvalue weighted by Crippen LogP contribution is 2.60. The molecule has 3 nitrogen and oxygen atoms in total. The van der Waals surface area contributed by atoms with Crippen LogP contribution in [0, 0.1) is 23.2 Å². The van der Waals surface area contributed by atoms with Gasteiger partial charge in [0.05, 0.1) is 17.8 Å². The van der Waals surface area contributed by atoms with Crippen molar-refractivity contribution < 1.29 is 15.3 Å². The molecule has 0 aromatic carbocycles. The van der Waals surface area contributed by atoms with Crippen LogP contribution < -0.4 is 0 Å². The normalized spacial score (nSPS) is 39.5. The molecule has 3 saturated carbocycles. The Bertz CT molecular complexity index is 686. The topological polar surface area (TPSA) is 60.7 Å². The highest BCUT2D eigenvalue weighted by molar-refractivity contribution is 5.38. The Morgan fingerprint density at radius 1 is 1.23 bits per heavy atom. The van der Waals surface area contributed by atoms with Gasteiger partial charge in [-0.15, -0.1) is 0 Å². The van der Waals surface area contributed by atoms with Crippen LogP contribution in [-0.2, 0) is 0 Å². The molecule has 0 amide bonds. The lowest BCUT2D eigenvalue weighted by molar-refractivity contribution is -0.0657. The molecule has 3 aliphatic carbocycles. The van der Waals surface area contributed by atoms with Crippen molar-refractivity contribution in [2.75, 3.05) is 0 Å². The first-order valence-corrected chi connectivity index (χ1v) is 12.2. The largest absolute Gasteiger partial charge is 0.393 e. The first kappa shape index (κ1) is 23.8. The zero-order valence-electron chi connectivity index (χ0n) is 19.7. The summed E-state index contributed by atoms with van der Waals surface area (Å²) < 4.78 is 0. The van der Waals surface area contributed by atoms with Gasteiger partial charge in [-0.3, -0.25) is 0 Å². The molecule has 3 rings (SSSR count). The van der Waals surface area contributed by atoms with Crippen LogP contribution in [0.15, 0.2) is 35.5 Å². The first-order valence-electron chi connectivity index (χ1n) is 12.2. The van der Waals surface area contributed by atoms with Gasteiger partial charge in [0.2, 0.25) is 0 Å². The van der Waals surface area contributed by atoms with E-state index >= 15 is 0 Å². The van der Waals surface area contributed by atoms with Gasteiger partial charge in [0.25, 0.3) is 0 Å². The van der Waals surface area contributed by atoms with Crippen molar-refractivity contribution in [2.45, 2.75) is 110 Å². The summed E-state index contributed by atoms with van der Waals surface area (Å²) in [5, 5.41) is 31.6. The Balaban J connectivity index is 1.76. The molecule has 0 radical (unpaired) electrons. The third kappa shape index (κ3) is 4.95. The Morgan fingerprint density at radius 2 is 1.97 bits per heavy atom. The predicted octanol–water partition coefficient (Wildman–Crippen LogP) is 5.70.